The minimum absolute atomic E-state index is 0.00231. The lowest BCUT2D eigenvalue weighted by molar-refractivity contribution is 0.551. The highest BCUT2D eigenvalue weighted by Crippen LogP contribution is 1.72. The number of guanidine groups is 1. The van der Waals surface area contributed by atoms with Crippen LogP contribution in [0.2, 0.25) is 0 Å². The van der Waals surface area contributed by atoms with Crippen molar-refractivity contribution in [3.63, 3.8) is 0 Å². The highest BCUT2D eigenvalue weighted by molar-refractivity contribution is 5.74. The molecule has 0 fully saturated rings. The summed E-state index contributed by atoms with van der Waals surface area (Å²) in [4.78, 5) is 1.43. The van der Waals surface area contributed by atoms with Crippen molar-refractivity contribution in [2.24, 2.45) is 5.73 Å². The molecule has 0 aliphatic rings. The normalized spacial score (nSPS) is 8.29. The zero-order chi connectivity index (χ0) is 5.86. The van der Waals surface area contributed by atoms with E-state index in [0.717, 1.165) is 0 Å². The largest absolute Gasteiger partial charge is 0.370 e. The predicted octanol–water partition coefficient (Wildman–Crippen LogP) is -0.477. The van der Waals surface area contributed by atoms with Crippen LogP contribution in [0.15, 0.2) is 0 Å². The first-order chi connectivity index (χ1) is 3.18. The monoisotopic (exact) mass is 99.1 g/mol. The standard InChI is InChI=1S/C4H9N3/c1-3-7(2)4(5)6/h1H,3H2,2H3,(H3,5,6). The zero-order valence-corrected chi connectivity index (χ0v) is 4.31. The second-order valence-electron chi connectivity index (χ2n) is 1.27. The second-order valence-corrected chi connectivity index (χ2v) is 1.27. The van der Waals surface area contributed by atoms with Gasteiger partial charge in [0.25, 0.3) is 0 Å². The first-order valence-electron chi connectivity index (χ1n) is 1.93. The molecule has 0 aliphatic carbocycles. The van der Waals surface area contributed by atoms with Gasteiger partial charge in [-0.3, -0.25) is 5.41 Å². The number of rotatable bonds is 1. The van der Waals surface area contributed by atoms with Gasteiger partial charge < -0.3 is 10.6 Å². The number of hydrogen-bond donors (Lipinski definition) is 2. The van der Waals surface area contributed by atoms with Gasteiger partial charge in [-0.05, 0) is 6.92 Å². The van der Waals surface area contributed by atoms with Gasteiger partial charge in [0.05, 0.1) is 0 Å². The SMILES string of the molecule is [CH]CN(C)C(=N)N. The lowest BCUT2D eigenvalue weighted by Gasteiger charge is -2.11. The summed E-state index contributed by atoms with van der Waals surface area (Å²) < 4.78 is 0. The Balaban J connectivity index is 3.34. The average molecular weight is 99.1 g/mol. The molecule has 3 heteroatoms. The first kappa shape index (κ1) is 6.27. The summed E-state index contributed by atoms with van der Waals surface area (Å²) in [6.07, 6.45) is 0. The van der Waals surface area contributed by atoms with Gasteiger partial charge in [0.15, 0.2) is 5.96 Å². The highest BCUT2D eigenvalue weighted by atomic mass is 15.2. The molecule has 3 N–H and O–H groups in total. The minimum atomic E-state index is 0.00231. The molecule has 3 nitrogen and oxygen atoms in total. The van der Waals surface area contributed by atoms with Crippen LogP contribution in [0.5, 0.6) is 0 Å². The molecular formula is C4H9N3. The Morgan fingerprint density at radius 2 is 2.43 bits per heavy atom. The second kappa shape index (κ2) is 2.44. The van der Waals surface area contributed by atoms with Gasteiger partial charge in [0, 0.05) is 13.6 Å². The van der Waals surface area contributed by atoms with E-state index in [1.165, 1.54) is 4.90 Å². The van der Waals surface area contributed by atoms with E-state index in [2.05, 4.69) is 0 Å². The van der Waals surface area contributed by atoms with Gasteiger partial charge >= 0.3 is 0 Å². The Morgan fingerprint density at radius 1 is 2.00 bits per heavy atom. The molecule has 0 saturated carbocycles. The molecule has 40 valence electrons. The molecule has 0 aromatic rings. The third-order valence-corrected chi connectivity index (χ3v) is 0.685. The number of hydrogen-bond acceptors (Lipinski definition) is 1. The third-order valence-electron chi connectivity index (χ3n) is 0.685. The van der Waals surface area contributed by atoms with Crippen LogP contribution in [-0.4, -0.2) is 24.5 Å². The Hall–Kier alpha value is -0.730. The molecule has 0 unspecified atom stereocenters. The zero-order valence-electron chi connectivity index (χ0n) is 4.31. The molecule has 0 atom stereocenters. The third kappa shape index (κ3) is 2.03. The van der Waals surface area contributed by atoms with Crippen molar-refractivity contribution < 1.29 is 0 Å². The topological polar surface area (TPSA) is 53.1 Å². The van der Waals surface area contributed by atoms with E-state index in [1.807, 2.05) is 0 Å². The van der Waals surface area contributed by atoms with Gasteiger partial charge in [0.2, 0.25) is 0 Å². The van der Waals surface area contributed by atoms with Crippen molar-refractivity contribution >= 4 is 5.96 Å². The molecule has 0 spiro atoms. The molecule has 0 aromatic heterocycles. The smallest absolute Gasteiger partial charge is 0.188 e. The van der Waals surface area contributed by atoms with Crippen molar-refractivity contribution in [3.8, 4) is 0 Å². The molecule has 0 saturated heterocycles. The van der Waals surface area contributed by atoms with Crippen molar-refractivity contribution in [2.75, 3.05) is 13.6 Å². The molecule has 0 heterocycles. The summed E-state index contributed by atoms with van der Waals surface area (Å²) >= 11 is 0. The van der Waals surface area contributed by atoms with Crippen LogP contribution in [0, 0.1) is 12.3 Å². The number of nitrogens with one attached hydrogen (secondary N) is 1. The Kier molecular flexibility index (Phi) is 2.19. The van der Waals surface area contributed by atoms with E-state index in [0.29, 0.717) is 6.54 Å². The van der Waals surface area contributed by atoms with Crippen LogP contribution >= 0.6 is 0 Å². The predicted molar refractivity (Wildman–Crippen MR) is 28.8 cm³/mol. The van der Waals surface area contributed by atoms with Crippen LogP contribution in [0.3, 0.4) is 0 Å². The van der Waals surface area contributed by atoms with E-state index in [1.54, 1.807) is 7.05 Å². The van der Waals surface area contributed by atoms with Gasteiger partial charge in [0.1, 0.15) is 0 Å². The van der Waals surface area contributed by atoms with E-state index in [-0.39, 0.29) is 5.96 Å². The van der Waals surface area contributed by atoms with Crippen molar-refractivity contribution in [1.29, 1.82) is 5.41 Å². The Morgan fingerprint density at radius 3 is 2.43 bits per heavy atom. The maximum atomic E-state index is 6.72. The lowest BCUT2D eigenvalue weighted by Crippen LogP contribution is -2.32. The molecule has 0 rings (SSSR count). The maximum Gasteiger partial charge on any atom is 0.188 e. The molecule has 0 bridgehead atoms. The summed E-state index contributed by atoms with van der Waals surface area (Å²) in [5.74, 6) is 0.00231. The minimum Gasteiger partial charge on any atom is -0.370 e. The summed E-state index contributed by atoms with van der Waals surface area (Å²) in [6.45, 7) is 5.38. The van der Waals surface area contributed by atoms with E-state index in [9.17, 15) is 0 Å². The molecule has 0 aliphatic heterocycles. The lowest BCUT2D eigenvalue weighted by atomic mass is 10.6. The quantitative estimate of drug-likeness (QED) is 0.344. The fourth-order valence-corrected chi connectivity index (χ4v) is 0.0983. The van der Waals surface area contributed by atoms with Crippen LogP contribution in [-0.2, 0) is 0 Å². The molecular weight excluding hydrogens is 90.1 g/mol. The average Bonchev–Trinajstić information content (AvgIpc) is 1.65. The van der Waals surface area contributed by atoms with Crippen LogP contribution in [0.4, 0.5) is 0 Å². The van der Waals surface area contributed by atoms with Crippen molar-refractivity contribution in [1.82, 2.24) is 4.90 Å². The van der Waals surface area contributed by atoms with Crippen LogP contribution in [0.25, 0.3) is 0 Å². The summed E-state index contributed by atoms with van der Waals surface area (Å²) in [5, 5.41) is 6.72. The van der Waals surface area contributed by atoms with Crippen molar-refractivity contribution in [3.05, 3.63) is 6.92 Å². The molecule has 0 aromatic carbocycles. The molecule has 2 radical (unpaired) electrons. The maximum absolute atomic E-state index is 6.72. The van der Waals surface area contributed by atoms with Gasteiger partial charge in [-0.2, -0.15) is 0 Å². The van der Waals surface area contributed by atoms with Gasteiger partial charge in [-0.25, -0.2) is 0 Å². The van der Waals surface area contributed by atoms with Crippen LogP contribution < -0.4 is 5.73 Å². The summed E-state index contributed by atoms with van der Waals surface area (Å²) in [7, 11) is 1.66. The van der Waals surface area contributed by atoms with Crippen LogP contribution in [0.1, 0.15) is 0 Å². The Bertz CT molecular complexity index is 69.3. The van der Waals surface area contributed by atoms with Gasteiger partial charge in [-0.1, -0.05) is 0 Å². The Labute approximate surface area is 43.6 Å². The van der Waals surface area contributed by atoms with Crippen molar-refractivity contribution in [2.45, 2.75) is 0 Å². The molecule has 7 heavy (non-hydrogen) atoms. The highest BCUT2D eigenvalue weighted by Gasteiger charge is 1.90. The summed E-state index contributed by atoms with van der Waals surface area (Å²) in [6, 6.07) is 0. The number of nitrogens with zero attached hydrogens (tertiary/aromatic N) is 1. The number of nitrogens with two attached hydrogens (primary N) is 1. The van der Waals surface area contributed by atoms with Gasteiger partial charge in [-0.15, -0.1) is 0 Å². The van der Waals surface area contributed by atoms with E-state index >= 15 is 0 Å². The van der Waals surface area contributed by atoms with E-state index < -0.39 is 0 Å². The fourth-order valence-electron chi connectivity index (χ4n) is 0.0983. The van der Waals surface area contributed by atoms with E-state index in [4.69, 9.17) is 18.1 Å². The molecule has 0 amide bonds. The fraction of sp³-hybridized carbons (Fsp3) is 0.500. The first-order valence-corrected chi connectivity index (χ1v) is 1.93. The summed E-state index contributed by atoms with van der Waals surface area (Å²) in [5.41, 5.74) is 4.98.